The fourth-order valence-electron chi connectivity index (χ4n) is 3.61. The molecule has 1 atom stereocenters. The Hall–Kier alpha value is -2.32. The van der Waals surface area contributed by atoms with E-state index in [1.165, 1.54) is 25.9 Å². The van der Waals surface area contributed by atoms with Gasteiger partial charge in [-0.2, -0.15) is 0 Å². The summed E-state index contributed by atoms with van der Waals surface area (Å²) < 4.78 is 1.85. The molecule has 2 bridgehead atoms. The molecule has 0 aliphatic carbocycles. The van der Waals surface area contributed by atoms with Gasteiger partial charge in [-0.05, 0) is 37.9 Å². The second-order valence-electron chi connectivity index (χ2n) is 6.16. The third kappa shape index (κ3) is 2.16. The zero-order valence-electron chi connectivity index (χ0n) is 12.3. The van der Waals surface area contributed by atoms with E-state index in [1.807, 2.05) is 16.7 Å². The highest BCUT2D eigenvalue weighted by Gasteiger charge is 2.35. The van der Waals surface area contributed by atoms with Gasteiger partial charge in [0.25, 0.3) is 5.91 Å². The van der Waals surface area contributed by atoms with Crippen LogP contribution in [0.15, 0.2) is 24.7 Å². The zero-order chi connectivity index (χ0) is 15.1. The third-order valence-corrected chi connectivity index (χ3v) is 4.90. The highest BCUT2D eigenvalue weighted by atomic mass is 16.2. The number of rotatable bonds is 2. The predicted molar refractivity (Wildman–Crippen MR) is 83.5 cm³/mol. The molecule has 3 aliphatic heterocycles. The molecular formula is C17H18N4O. The van der Waals surface area contributed by atoms with Gasteiger partial charge in [0.1, 0.15) is 5.69 Å². The summed E-state index contributed by atoms with van der Waals surface area (Å²) in [4.78, 5) is 19.2. The molecule has 5 heterocycles. The minimum absolute atomic E-state index is 0.100. The fraction of sp³-hybridized carbons (Fsp3) is 0.412. The van der Waals surface area contributed by atoms with Crippen molar-refractivity contribution in [1.29, 1.82) is 0 Å². The molecule has 3 fully saturated rings. The minimum atomic E-state index is -0.100. The maximum Gasteiger partial charge on any atom is 0.271 e. The van der Waals surface area contributed by atoms with Crippen LogP contribution in [0.4, 0.5) is 0 Å². The van der Waals surface area contributed by atoms with Crippen molar-refractivity contribution in [3.63, 3.8) is 0 Å². The first-order valence-electron chi connectivity index (χ1n) is 7.71. The second-order valence-corrected chi connectivity index (χ2v) is 6.16. The van der Waals surface area contributed by atoms with Crippen molar-refractivity contribution in [1.82, 2.24) is 19.6 Å². The van der Waals surface area contributed by atoms with E-state index in [2.05, 4.69) is 21.1 Å². The summed E-state index contributed by atoms with van der Waals surface area (Å²) in [5.74, 6) is 3.12. The van der Waals surface area contributed by atoms with Crippen molar-refractivity contribution in [3.05, 3.63) is 35.9 Å². The van der Waals surface area contributed by atoms with Crippen molar-refractivity contribution in [2.45, 2.75) is 18.9 Å². The van der Waals surface area contributed by atoms with E-state index in [1.54, 1.807) is 12.4 Å². The summed E-state index contributed by atoms with van der Waals surface area (Å²) in [5, 5.41) is 3.16. The van der Waals surface area contributed by atoms with Gasteiger partial charge >= 0.3 is 0 Å². The molecule has 0 spiro atoms. The van der Waals surface area contributed by atoms with Crippen LogP contribution in [0.3, 0.4) is 0 Å². The number of hydrogen-bond donors (Lipinski definition) is 1. The molecule has 0 unspecified atom stereocenters. The van der Waals surface area contributed by atoms with E-state index in [9.17, 15) is 4.79 Å². The van der Waals surface area contributed by atoms with Crippen LogP contribution >= 0.6 is 0 Å². The number of nitrogens with zero attached hydrogens (tertiary/aromatic N) is 3. The quantitative estimate of drug-likeness (QED) is 0.845. The first-order chi connectivity index (χ1) is 10.7. The molecule has 5 nitrogen and oxygen atoms in total. The highest BCUT2D eigenvalue weighted by Crippen LogP contribution is 2.27. The number of fused-ring (bicyclic) bond motifs is 4. The Bertz CT molecular complexity index is 765. The van der Waals surface area contributed by atoms with Crippen LogP contribution in [0, 0.1) is 18.3 Å². The Kier molecular flexibility index (Phi) is 3.12. The van der Waals surface area contributed by atoms with Crippen LogP contribution in [0.1, 0.15) is 28.9 Å². The van der Waals surface area contributed by atoms with Crippen molar-refractivity contribution in [3.8, 4) is 12.3 Å². The number of amides is 1. The summed E-state index contributed by atoms with van der Waals surface area (Å²) in [7, 11) is 0. The van der Waals surface area contributed by atoms with Crippen LogP contribution in [-0.4, -0.2) is 45.9 Å². The molecule has 22 heavy (non-hydrogen) atoms. The molecule has 0 aromatic carbocycles. The molecule has 3 saturated heterocycles. The maximum absolute atomic E-state index is 12.5. The predicted octanol–water partition coefficient (Wildman–Crippen LogP) is 1.14. The lowest BCUT2D eigenvalue weighted by atomic mass is 9.84. The van der Waals surface area contributed by atoms with Crippen molar-refractivity contribution in [2.24, 2.45) is 5.92 Å². The Labute approximate surface area is 129 Å². The molecule has 0 radical (unpaired) electrons. The Morgan fingerprint density at radius 2 is 2.23 bits per heavy atom. The maximum atomic E-state index is 12.5. The van der Waals surface area contributed by atoms with Gasteiger partial charge in [0, 0.05) is 25.0 Å². The zero-order valence-corrected chi connectivity index (χ0v) is 12.3. The third-order valence-electron chi connectivity index (χ3n) is 4.90. The van der Waals surface area contributed by atoms with Crippen LogP contribution in [0.2, 0.25) is 0 Å². The normalized spacial score (nSPS) is 26.8. The molecule has 0 saturated carbocycles. The molecule has 5 rings (SSSR count). The number of nitrogens with one attached hydrogen (secondary N) is 1. The monoisotopic (exact) mass is 294 g/mol. The Balaban J connectivity index is 1.54. The Morgan fingerprint density at radius 3 is 2.91 bits per heavy atom. The topological polar surface area (TPSA) is 49.6 Å². The fourth-order valence-corrected chi connectivity index (χ4v) is 3.61. The smallest absolute Gasteiger partial charge is 0.271 e. The molecule has 1 amide bonds. The number of carbonyl (C=O) groups is 1. The highest BCUT2D eigenvalue weighted by molar-refractivity contribution is 5.92. The van der Waals surface area contributed by atoms with Crippen molar-refractivity contribution < 1.29 is 4.79 Å². The van der Waals surface area contributed by atoms with Gasteiger partial charge in [-0.1, -0.05) is 5.92 Å². The average Bonchev–Trinajstić information content (AvgIpc) is 2.98. The molecule has 5 heteroatoms. The van der Waals surface area contributed by atoms with E-state index in [-0.39, 0.29) is 11.9 Å². The van der Waals surface area contributed by atoms with E-state index in [4.69, 9.17) is 6.42 Å². The van der Waals surface area contributed by atoms with Gasteiger partial charge < -0.3 is 14.6 Å². The van der Waals surface area contributed by atoms with Crippen molar-refractivity contribution >= 4 is 11.4 Å². The van der Waals surface area contributed by atoms with Crippen LogP contribution in [0.25, 0.3) is 5.52 Å². The lowest BCUT2D eigenvalue weighted by molar-refractivity contribution is 0.0617. The largest absolute Gasteiger partial charge is 0.346 e. The molecule has 1 N–H and O–H groups in total. The first kappa shape index (κ1) is 13.4. The number of piperidine rings is 3. The number of hydrogen-bond acceptors (Lipinski definition) is 3. The molecule has 2 aromatic rings. The van der Waals surface area contributed by atoms with Crippen LogP contribution in [-0.2, 0) is 0 Å². The number of carbonyl (C=O) groups excluding carboxylic acids is 1. The molecule has 112 valence electrons. The standard InChI is InChI=1S/C17H18N4O/c1-2-12-5-8-21-11-15(18-9-16(12)21)17(22)19-14-10-20-6-3-13(14)4-7-20/h1,5,8-9,11,13-14H,3-4,6-7,10H2,(H,19,22)/t14-/m0/s1. The summed E-state index contributed by atoms with van der Waals surface area (Å²) in [5.41, 5.74) is 2.07. The van der Waals surface area contributed by atoms with Crippen molar-refractivity contribution in [2.75, 3.05) is 19.6 Å². The lowest BCUT2D eigenvalue weighted by Gasteiger charge is -2.44. The van der Waals surface area contributed by atoms with Gasteiger partial charge in [-0.3, -0.25) is 4.79 Å². The van der Waals surface area contributed by atoms with Crippen LogP contribution in [0.5, 0.6) is 0 Å². The summed E-state index contributed by atoms with van der Waals surface area (Å²) >= 11 is 0. The Morgan fingerprint density at radius 1 is 1.41 bits per heavy atom. The van der Waals surface area contributed by atoms with Gasteiger partial charge in [-0.25, -0.2) is 4.98 Å². The summed E-state index contributed by atoms with van der Waals surface area (Å²) in [6.07, 6.45) is 13.1. The van der Waals surface area contributed by atoms with E-state index in [0.29, 0.717) is 11.6 Å². The van der Waals surface area contributed by atoms with E-state index >= 15 is 0 Å². The minimum Gasteiger partial charge on any atom is -0.346 e. The molecule has 3 aliphatic rings. The van der Waals surface area contributed by atoms with Gasteiger partial charge in [0.2, 0.25) is 0 Å². The second kappa shape index (κ2) is 5.15. The molecular weight excluding hydrogens is 276 g/mol. The SMILES string of the molecule is C#Cc1ccn2cc(C(=O)N[C@H]3CN4CCC3CC4)ncc12. The van der Waals surface area contributed by atoms with Gasteiger partial charge in [0.05, 0.1) is 17.3 Å². The first-order valence-corrected chi connectivity index (χ1v) is 7.71. The molecule has 2 aromatic heterocycles. The summed E-state index contributed by atoms with van der Waals surface area (Å²) in [6, 6.07) is 2.10. The van der Waals surface area contributed by atoms with E-state index in [0.717, 1.165) is 17.6 Å². The number of aromatic nitrogens is 2. The average molecular weight is 294 g/mol. The lowest BCUT2D eigenvalue weighted by Crippen LogP contribution is -2.57. The summed E-state index contributed by atoms with van der Waals surface area (Å²) in [6.45, 7) is 3.29. The number of terminal acetylenes is 1. The van der Waals surface area contributed by atoms with Gasteiger partial charge in [0.15, 0.2) is 0 Å². The van der Waals surface area contributed by atoms with E-state index < -0.39 is 0 Å². The van der Waals surface area contributed by atoms with Gasteiger partial charge in [-0.15, -0.1) is 6.42 Å². The van der Waals surface area contributed by atoms with Crippen LogP contribution < -0.4 is 5.32 Å².